The highest BCUT2D eigenvalue weighted by molar-refractivity contribution is 7.09. The molecule has 2 heterocycles. The fourth-order valence-electron chi connectivity index (χ4n) is 3.45. The quantitative estimate of drug-likeness (QED) is 0.756. The Morgan fingerprint density at radius 3 is 2.46 bits per heavy atom. The van der Waals surface area contributed by atoms with E-state index in [-0.39, 0.29) is 17.5 Å². The van der Waals surface area contributed by atoms with E-state index in [0.717, 1.165) is 23.8 Å². The van der Waals surface area contributed by atoms with E-state index >= 15 is 0 Å². The maximum absolute atomic E-state index is 12.4. The molecular formula is C22H32N4OS. The minimum absolute atomic E-state index is 0.0438. The molecule has 1 aliphatic heterocycles. The average Bonchev–Trinajstić information content (AvgIpc) is 3.33. The fourth-order valence-corrected chi connectivity index (χ4v) is 4.36. The molecule has 1 unspecified atom stereocenters. The first-order valence-electron chi connectivity index (χ1n) is 10.1. The Morgan fingerprint density at radius 1 is 1.18 bits per heavy atom. The largest absolute Gasteiger partial charge is 0.336 e. The van der Waals surface area contributed by atoms with Crippen molar-refractivity contribution in [1.29, 1.82) is 0 Å². The number of aromatic nitrogens is 1. The Bertz CT molecular complexity index is 773. The smallest absolute Gasteiger partial charge is 0.315 e. The number of likely N-dealkylation sites (tertiary alicyclic amines) is 1. The van der Waals surface area contributed by atoms with Crippen molar-refractivity contribution in [2.45, 2.75) is 58.5 Å². The van der Waals surface area contributed by atoms with E-state index in [1.165, 1.54) is 24.0 Å². The summed E-state index contributed by atoms with van der Waals surface area (Å²) in [6.45, 7) is 11.8. The molecular weight excluding hydrogens is 368 g/mol. The monoisotopic (exact) mass is 400 g/mol. The molecule has 152 valence electrons. The van der Waals surface area contributed by atoms with E-state index in [1.807, 2.05) is 5.38 Å². The van der Waals surface area contributed by atoms with Gasteiger partial charge < -0.3 is 10.6 Å². The molecule has 0 saturated carbocycles. The Balaban J connectivity index is 1.54. The molecule has 2 N–H and O–H groups in total. The van der Waals surface area contributed by atoms with Gasteiger partial charge in [0, 0.05) is 17.3 Å². The second-order valence-electron chi connectivity index (χ2n) is 8.63. The second kappa shape index (κ2) is 9.05. The number of amides is 2. The van der Waals surface area contributed by atoms with E-state index in [2.05, 4.69) is 72.5 Å². The van der Waals surface area contributed by atoms with Crippen molar-refractivity contribution >= 4 is 17.4 Å². The van der Waals surface area contributed by atoms with Gasteiger partial charge in [-0.15, -0.1) is 11.3 Å². The van der Waals surface area contributed by atoms with Crippen molar-refractivity contribution in [3.05, 3.63) is 51.5 Å². The summed E-state index contributed by atoms with van der Waals surface area (Å²) in [7, 11) is 0. The highest BCUT2D eigenvalue weighted by Gasteiger charge is 2.24. The van der Waals surface area contributed by atoms with Gasteiger partial charge in [0.2, 0.25) is 0 Å². The van der Waals surface area contributed by atoms with Gasteiger partial charge in [0.1, 0.15) is 0 Å². The lowest BCUT2D eigenvalue weighted by atomic mass is 9.98. The van der Waals surface area contributed by atoms with E-state index < -0.39 is 0 Å². The second-order valence-corrected chi connectivity index (χ2v) is 9.49. The third-order valence-corrected chi connectivity index (χ3v) is 6.44. The van der Waals surface area contributed by atoms with Crippen LogP contribution in [0.2, 0.25) is 0 Å². The third-order valence-electron chi connectivity index (χ3n) is 5.12. The number of rotatable bonds is 6. The molecule has 28 heavy (non-hydrogen) atoms. The molecule has 1 atom stereocenters. The van der Waals surface area contributed by atoms with Crippen LogP contribution in [0, 0.1) is 6.92 Å². The molecule has 2 aromatic rings. The molecule has 1 aromatic heterocycles. The van der Waals surface area contributed by atoms with Crippen LogP contribution in [0.4, 0.5) is 4.79 Å². The van der Waals surface area contributed by atoms with Gasteiger partial charge in [-0.3, -0.25) is 4.90 Å². The van der Waals surface area contributed by atoms with E-state index in [1.54, 1.807) is 11.3 Å². The Hall–Kier alpha value is -1.92. The van der Waals surface area contributed by atoms with Crippen molar-refractivity contribution in [3.8, 4) is 0 Å². The first-order chi connectivity index (χ1) is 13.3. The van der Waals surface area contributed by atoms with Gasteiger partial charge in [0.15, 0.2) is 0 Å². The lowest BCUT2D eigenvalue weighted by Crippen LogP contribution is -2.41. The summed E-state index contributed by atoms with van der Waals surface area (Å²) in [5, 5.41) is 9.13. The molecule has 0 spiro atoms. The van der Waals surface area contributed by atoms with Crippen molar-refractivity contribution in [3.63, 3.8) is 0 Å². The molecule has 1 saturated heterocycles. The van der Waals surface area contributed by atoms with Crippen LogP contribution in [0.5, 0.6) is 0 Å². The number of hydrogen-bond acceptors (Lipinski definition) is 4. The highest BCUT2D eigenvalue weighted by atomic mass is 32.1. The maximum atomic E-state index is 12.4. The minimum atomic E-state index is -0.137. The van der Waals surface area contributed by atoms with Gasteiger partial charge in [0.05, 0.1) is 23.3 Å². The van der Waals surface area contributed by atoms with Gasteiger partial charge in [-0.2, -0.15) is 0 Å². The summed E-state index contributed by atoms with van der Waals surface area (Å²) in [5.41, 5.74) is 3.48. The van der Waals surface area contributed by atoms with E-state index in [9.17, 15) is 4.79 Å². The number of aryl methyl sites for hydroxylation is 1. The van der Waals surface area contributed by atoms with Crippen LogP contribution in [0.3, 0.4) is 0 Å². The van der Waals surface area contributed by atoms with Crippen LogP contribution < -0.4 is 10.6 Å². The Kier molecular flexibility index (Phi) is 6.73. The van der Waals surface area contributed by atoms with E-state index in [4.69, 9.17) is 0 Å². The SMILES string of the molecule is Cc1ccc(C(CNC(=O)NCc2csc(C(C)(C)C)n2)N2CCCC2)cc1. The molecule has 5 nitrogen and oxygen atoms in total. The Morgan fingerprint density at radius 2 is 1.86 bits per heavy atom. The summed E-state index contributed by atoms with van der Waals surface area (Å²) in [6.07, 6.45) is 2.46. The first-order valence-corrected chi connectivity index (χ1v) is 11.0. The van der Waals surface area contributed by atoms with Crippen LogP contribution in [0.15, 0.2) is 29.6 Å². The lowest BCUT2D eigenvalue weighted by molar-refractivity contribution is 0.220. The predicted octanol–water partition coefficient (Wildman–Crippen LogP) is 4.39. The standard InChI is InChI=1S/C22H32N4OS/c1-16-7-9-17(10-8-16)19(26-11-5-6-12-26)14-24-21(27)23-13-18-15-28-20(25-18)22(2,3)4/h7-10,15,19H,5-6,11-14H2,1-4H3,(H2,23,24,27). The third kappa shape index (κ3) is 5.55. The summed E-state index contributed by atoms with van der Waals surface area (Å²) in [5.74, 6) is 0. The molecule has 1 fully saturated rings. The molecule has 6 heteroatoms. The van der Waals surface area contributed by atoms with Gasteiger partial charge in [-0.1, -0.05) is 50.6 Å². The molecule has 0 bridgehead atoms. The molecule has 3 rings (SSSR count). The zero-order valence-corrected chi connectivity index (χ0v) is 18.2. The molecule has 0 radical (unpaired) electrons. The average molecular weight is 401 g/mol. The van der Waals surface area contributed by atoms with Crippen molar-refractivity contribution in [2.75, 3.05) is 19.6 Å². The summed E-state index contributed by atoms with van der Waals surface area (Å²) >= 11 is 1.65. The van der Waals surface area contributed by atoms with Crippen LogP contribution in [-0.4, -0.2) is 35.5 Å². The number of hydrogen-bond donors (Lipinski definition) is 2. The highest BCUT2D eigenvalue weighted by Crippen LogP contribution is 2.26. The summed E-state index contributed by atoms with van der Waals surface area (Å²) in [4.78, 5) is 19.5. The maximum Gasteiger partial charge on any atom is 0.315 e. The molecule has 1 aliphatic rings. The number of nitrogens with one attached hydrogen (secondary N) is 2. The number of carbonyl (C=O) groups excluding carboxylic acids is 1. The van der Waals surface area contributed by atoms with Crippen LogP contribution in [0.25, 0.3) is 0 Å². The van der Waals surface area contributed by atoms with Gasteiger partial charge in [-0.05, 0) is 38.4 Å². The Labute approximate surface area is 172 Å². The normalized spacial score (nSPS) is 16.1. The fraction of sp³-hybridized carbons (Fsp3) is 0.545. The summed E-state index contributed by atoms with van der Waals surface area (Å²) < 4.78 is 0. The molecule has 0 aliphatic carbocycles. The number of thiazole rings is 1. The van der Waals surface area contributed by atoms with Crippen molar-refractivity contribution in [1.82, 2.24) is 20.5 Å². The topological polar surface area (TPSA) is 57.3 Å². The zero-order chi connectivity index (χ0) is 20.1. The zero-order valence-electron chi connectivity index (χ0n) is 17.4. The van der Waals surface area contributed by atoms with Crippen molar-refractivity contribution in [2.24, 2.45) is 0 Å². The first kappa shape index (κ1) is 20.8. The molecule has 2 amide bonds. The van der Waals surface area contributed by atoms with Gasteiger partial charge in [0.25, 0.3) is 0 Å². The number of benzene rings is 1. The van der Waals surface area contributed by atoms with Gasteiger partial charge >= 0.3 is 6.03 Å². The number of urea groups is 1. The minimum Gasteiger partial charge on any atom is -0.336 e. The summed E-state index contributed by atoms with van der Waals surface area (Å²) in [6, 6.07) is 8.74. The predicted molar refractivity (Wildman–Crippen MR) is 116 cm³/mol. The van der Waals surface area contributed by atoms with Crippen LogP contribution in [-0.2, 0) is 12.0 Å². The lowest BCUT2D eigenvalue weighted by Gasteiger charge is -2.28. The van der Waals surface area contributed by atoms with Crippen LogP contribution >= 0.6 is 11.3 Å². The number of carbonyl (C=O) groups is 1. The van der Waals surface area contributed by atoms with E-state index in [0.29, 0.717) is 13.1 Å². The molecule has 1 aromatic carbocycles. The van der Waals surface area contributed by atoms with Crippen LogP contribution in [0.1, 0.15) is 61.5 Å². The van der Waals surface area contributed by atoms with Gasteiger partial charge in [-0.25, -0.2) is 9.78 Å². The van der Waals surface area contributed by atoms with Crippen molar-refractivity contribution < 1.29 is 4.79 Å². The number of nitrogens with zero attached hydrogens (tertiary/aromatic N) is 2.